The average Bonchev–Trinajstić information content (AvgIpc) is 2.02. The van der Waals surface area contributed by atoms with Gasteiger partial charge in [-0.05, 0) is 47.0 Å². The first-order chi connectivity index (χ1) is 5.49. The highest BCUT2D eigenvalue weighted by molar-refractivity contribution is 5.12. The van der Waals surface area contributed by atoms with E-state index in [-0.39, 0.29) is 0 Å². The summed E-state index contributed by atoms with van der Waals surface area (Å²) in [5.41, 5.74) is 4.49. The summed E-state index contributed by atoms with van der Waals surface area (Å²) in [4.78, 5) is 0. The van der Waals surface area contributed by atoms with Gasteiger partial charge in [-0.3, -0.25) is 0 Å². The molecule has 0 aliphatic heterocycles. The molecule has 0 fully saturated rings. The van der Waals surface area contributed by atoms with Crippen molar-refractivity contribution in [2.75, 3.05) is 0 Å². The monoisotopic (exact) mass is 166 g/mol. The Morgan fingerprint density at radius 1 is 1.17 bits per heavy atom. The number of allylic oxidation sites excluding steroid dienone is 4. The molecule has 1 atom stereocenters. The largest absolute Gasteiger partial charge is 0.0885 e. The van der Waals surface area contributed by atoms with Gasteiger partial charge in [0.05, 0.1) is 0 Å². The first kappa shape index (κ1) is 11.5. The molecule has 0 radical (unpaired) electrons. The molecule has 0 bridgehead atoms. The summed E-state index contributed by atoms with van der Waals surface area (Å²) < 4.78 is 0. The van der Waals surface area contributed by atoms with Crippen molar-refractivity contribution >= 4 is 0 Å². The summed E-state index contributed by atoms with van der Waals surface area (Å²) in [7, 11) is 0. The molecule has 0 heterocycles. The zero-order valence-corrected chi connectivity index (χ0v) is 9.36. The summed E-state index contributed by atoms with van der Waals surface area (Å²) in [6.07, 6.45) is 3.42. The molecule has 0 aromatic heterocycles. The second-order valence-corrected chi connectivity index (χ2v) is 3.92. The van der Waals surface area contributed by atoms with Crippen LogP contribution in [0.2, 0.25) is 0 Å². The molecule has 0 N–H and O–H groups in total. The van der Waals surface area contributed by atoms with Gasteiger partial charge < -0.3 is 0 Å². The average molecular weight is 166 g/mol. The lowest BCUT2D eigenvalue weighted by molar-refractivity contribution is 0.666. The summed E-state index contributed by atoms with van der Waals surface area (Å²) in [6.45, 7) is 13.2. The zero-order valence-electron chi connectivity index (χ0n) is 9.36. The zero-order chi connectivity index (χ0) is 9.72. The Hall–Kier alpha value is -0.520. The molecule has 0 aromatic rings. The van der Waals surface area contributed by atoms with E-state index < -0.39 is 0 Å². The maximum absolute atomic E-state index is 2.29. The van der Waals surface area contributed by atoms with Crippen LogP contribution in [0.4, 0.5) is 0 Å². The molecule has 1 unspecified atom stereocenters. The molecule has 0 aromatic carbocycles. The molecule has 0 saturated carbocycles. The highest BCUT2D eigenvalue weighted by Gasteiger charge is 2.04. The highest BCUT2D eigenvalue weighted by Crippen LogP contribution is 2.20. The predicted molar refractivity (Wildman–Crippen MR) is 57.3 cm³/mol. The van der Waals surface area contributed by atoms with Crippen molar-refractivity contribution < 1.29 is 0 Å². The van der Waals surface area contributed by atoms with Crippen molar-refractivity contribution in [2.24, 2.45) is 5.92 Å². The number of rotatable bonds is 3. The van der Waals surface area contributed by atoms with Gasteiger partial charge in [0, 0.05) is 0 Å². The molecule has 0 rings (SSSR count). The Morgan fingerprint density at radius 3 is 2.00 bits per heavy atom. The van der Waals surface area contributed by atoms with Gasteiger partial charge >= 0.3 is 0 Å². The topological polar surface area (TPSA) is 0 Å². The number of hydrogen-bond donors (Lipinski definition) is 0. The van der Waals surface area contributed by atoms with Crippen molar-refractivity contribution in [2.45, 2.75) is 48.0 Å². The molecule has 0 saturated heterocycles. The van der Waals surface area contributed by atoms with E-state index in [1.165, 1.54) is 23.1 Å². The van der Waals surface area contributed by atoms with Crippen molar-refractivity contribution in [3.05, 3.63) is 22.8 Å². The van der Waals surface area contributed by atoms with E-state index in [9.17, 15) is 0 Å². The van der Waals surface area contributed by atoms with Gasteiger partial charge in [0.15, 0.2) is 0 Å². The fraction of sp³-hybridized carbons (Fsp3) is 0.667. The van der Waals surface area contributed by atoms with Crippen molar-refractivity contribution in [3.63, 3.8) is 0 Å². The van der Waals surface area contributed by atoms with E-state index in [2.05, 4.69) is 47.6 Å². The Labute approximate surface area is 77.4 Å². The van der Waals surface area contributed by atoms with Crippen molar-refractivity contribution in [3.8, 4) is 0 Å². The summed E-state index contributed by atoms with van der Waals surface area (Å²) in [6, 6.07) is 0. The molecule has 0 amide bonds. The second kappa shape index (κ2) is 5.18. The predicted octanol–water partition coefficient (Wildman–Crippen LogP) is 4.34. The Morgan fingerprint density at radius 2 is 1.67 bits per heavy atom. The minimum Gasteiger partial charge on any atom is -0.0885 e. The van der Waals surface area contributed by atoms with Crippen molar-refractivity contribution in [1.82, 2.24) is 0 Å². The fourth-order valence-corrected chi connectivity index (χ4v) is 1.11. The van der Waals surface area contributed by atoms with Crippen LogP contribution in [0.5, 0.6) is 0 Å². The van der Waals surface area contributed by atoms with Crippen LogP contribution in [0.3, 0.4) is 0 Å². The maximum Gasteiger partial charge on any atom is -0.0197 e. The van der Waals surface area contributed by atoms with Crippen LogP contribution in [0.1, 0.15) is 48.0 Å². The Bertz CT molecular complexity index is 190. The molecule has 70 valence electrons. The smallest absolute Gasteiger partial charge is 0.0197 e. The SMILES string of the molecule is CC=C(C)C(C)CC(C)=C(C)C. The normalized spacial score (nSPS) is 14.3. The second-order valence-electron chi connectivity index (χ2n) is 3.92. The van der Waals surface area contributed by atoms with Gasteiger partial charge in [-0.1, -0.05) is 29.7 Å². The lowest BCUT2D eigenvalue weighted by Crippen LogP contribution is -1.97. The number of hydrogen-bond acceptors (Lipinski definition) is 0. The van der Waals surface area contributed by atoms with Gasteiger partial charge in [0.2, 0.25) is 0 Å². The third kappa shape index (κ3) is 3.75. The van der Waals surface area contributed by atoms with Gasteiger partial charge in [0.1, 0.15) is 0 Å². The minimum absolute atomic E-state index is 0.699. The first-order valence-electron chi connectivity index (χ1n) is 4.74. The molecule has 0 nitrogen and oxygen atoms in total. The quantitative estimate of drug-likeness (QED) is 0.547. The van der Waals surface area contributed by atoms with E-state index in [1.807, 2.05) is 0 Å². The van der Waals surface area contributed by atoms with Gasteiger partial charge in [0.25, 0.3) is 0 Å². The van der Waals surface area contributed by atoms with Crippen LogP contribution in [0.25, 0.3) is 0 Å². The summed E-state index contributed by atoms with van der Waals surface area (Å²) in [5, 5.41) is 0. The van der Waals surface area contributed by atoms with Gasteiger partial charge in [-0.2, -0.15) is 0 Å². The lowest BCUT2D eigenvalue weighted by Gasteiger charge is -2.13. The molecule has 0 aliphatic carbocycles. The van der Waals surface area contributed by atoms with Gasteiger partial charge in [-0.15, -0.1) is 0 Å². The summed E-state index contributed by atoms with van der Waals surface area (Å²) >= 11 is 0. The van der Waals surface area contributed by atoms with E-state index in [0.717, 1.165) is 0 Å². The van der Waals surface area contributed by atoms with Gasteiger partial charge in [-0.25, -0.2) is 0 Å². The molecule has 0 heteroatoms. The van der Waals surface area contributed by atoms with Crippen LogP contribution in [-0.2, 0) is 0 Å². The Kier molecular flexibility index (Phi) is 4.96. The maximum atomic E-state index is 2.29. The highest BCUT2D eigenvalue weighted by atomic mass is 14.1. The third-order valence-electron chi connectivity index (χ3n) is 2.70. The summed E-state index contributed by atoms with van der Waals surface area (Å²) in [5.74, 6) is 0.699. The van der Waals surface area contributed by atoms with Crippen molar-refractivity contribution in [1.29, 1.82) is 0 Å². The van der Waals surface area contributed by atoms with Crippen LogP contribution in [0.15, 0.2) is 22.8 Å². The van der Waals surface area contributed by atoms with E-state index >= 15 is 0 Å². The molecular weight excluding hydrogens is 144 g/mol. The van der Waals surface area contributed by atoms with Crippen LogP contribution >= 0.6 is 0 Å². The van der Waals surface area contributed by atoms with Crippen LogP contribution in [0, 0.1) is 5.92 Å². The standard InChI is InChI=1S/C12H22/c1-7-10(4)12(6)8-11(5)9(2)3/h7,12H,8H2,1-6H3. The lowest BCUT2D eigenvalue weighted by atomic mass is 9.93. The van der Waals surface area contributed by atoms with E-state index in [1.54, 1.807) is 0 Å². The first-order valence-corrected chi connectivity index (χ1v) is 4.74. The minimum atomic E-state index is 0.699. The fourth-order valence-electron chi connectivity index (χ4n) is 1.11. The third-order valence-corrected chi connectivity index (χ3v) is 2.70. The molecular formula is C12H22. The molecule has 0 aliphatic rings. The van der Waals surface area contributed by atoms with E-state index in [4.69, 9.17) is 0 Å². The van der Waals surface area contributed by atoms with E-state index in [0.29, 0.717) is 5.92 Å². The van der Waals surface area contributed by atoms with Crippen LogP contribution < -0.4 is 0 Å². The molecule has 12 heavy (non-hydrogen) atoms. The Balaban J connectivity index is 4.20. The molecule has 0 spiro atoms. The van der Waals surface area contributed by atoms with Crippen LogP contribution in [-0.4, -0.2) is 0 Å².